The lowest BCUT2D eigenvalue weighted by Gasteiger charge is -2.06. The van der Waals surface area contributed by atoms with Gasteiger partial charge in [0.2, 0.25) is 0 Å². The number of halogens is 3. The number of aromatic amines is 1. The van der Waals surface area contributed by atoms with E-state index in [1.165, 1.54) is 4.68 Å². The van der Waals surface area contributed by atoms with E-state index < -0.39 is 11.9 Å². The maximum Gasteiger partial charge on any atom is 0.435 e. The molecule has 0 radical (unpaired) electrons. The van der Waals surface area contributed by atoms with Gasteiger partial charge in [-0.3, -0.25) is 9.78 Å². The van der Waals surface area contributed by atoms with E-state index in [0.717, 1.165) is 24.7 Å². The molecular formula is C12H14F3N5S. The monoisotopic (exact) mass is 317 g/mol. The van der Waals surface area contributed by atoms with Crippen molar-refractivity contribution in [3.63, 3.8) is 0 Å². The molecule has 9 heteroatoms. The highest BCUT2D eigenvalue weighted by atomic mass is 32.1. The van der Waals surface area contributed by atoms with E-state index in [9.17, 15) is 13.2 Å². The van der Waals surface area contributed by atoms with Crippen LogP contribution in [-0.2, 0) is 19.1 Å². The lowest BCUT2D eigenvalue weighted by Crippen LogP contribution is -2.11. The third-order valence-electron chi connectivity index (χ3n) is 3.51. The van der Waals surface area contributed by atoms with Crippen molar-refractivity contribution in [3.05, 3.63) is 28.0 Å². The van der Waals surface area contributed by atoms with Crippen LogP contribution >= 0.6 is 12.2 Å². The Morgan fingerprint density at radius 3 is 2.71 bits per heavy atom. The first-order valence-corrected chi connectivity index (χ1v) is 7.04. The van der Waals surface area contributed by atoms with Crippen molar-refractivity contribution in [1.82, 2.24) is 24.5 Å². The fourth-order valence-corrected chi connectivity index (χ4v) is 2.60. The molecule has 2 aromatic heterocycles. The van der Waals surface area contributed by atoms with Gasteiger partial charge in [-0.15, -0.1) is 0 Å². The van der Waals surface area contributed by atoms with E-state index in [0.29, 0.717) is 29.5 Å². The molecule has 1 aliphatic rings. The maximum atomic E-state index is 12.6. The van der Waals surface area contributed by atoms with Crippen LogP contribution in [0.2, 0.25) is 0 Å². The molecule has 0 saturated heterocycles. The summed E-state index contributed by atoms with van der Waals surface area (Å²) in [5.41, 5.74) is -0.379. The highest BCUT2D eigenvalue weighted by Gasteiger charge is 2.34. The van der Waals surface area contributed by atoms with Crippen molar-refractivity contribution in [2.24, 2.45) is 0 Å². The summed E-state index contributed by atoms with van der Waals surface area (Å²) in [5.74, 6) is 0.769. The van der Waals surface area contributed by atoms with E-state index in [1.54, 1.807) is 6.92 Å². The van der Waals surface area contributed by atoms with Crippen LogP contribution in [0.15, 0.2) is 6.07 Å². The predicted octanol–water partition coefficient (Wildman–Crippen LogP) is 3.04. The first-order valence-electron chi connectivity index (χ1n) is 6.63. The molecule has 0 amide bonds. The van der Waals surface area contributed by atoms with Crippen LogP contribution in [-0.4, -0.2) is 24.5 Å². The molecule has 0 atom stereocenters. The third-order valence-corrected chi connectivity index (χ3v) is 3.80. The van der Waals surface area contributed by atoms with Crippen LogP contribution in [0.3, 0.4) is 0 Å². The van der Waals surface area contributed by atoms with Crippen LogP contribution in [0.4, 0.5) is 13.2 Å². The number of aryl methyl sites for hydroxylation is 3. The zero-order valence-corrected chi connectivity index (χ0v) is 12.1. The Kier molecular flexibility index (Phi) is 3.39. The van der Waals surface area contributed by atoms with Gasteiger partial charge in [-0.25, -0.2) is 0 Å². The van der Waals surface area contributed by atoms with Crippen molar-refractivity contribution >= 4 is 12.2 Å². The molecule has 0 bridgehead atoms. The molecular weight excluding hydrogens is 303 g/mol. The molecule has 114 valence electrons. The fraction of sp³-hybridized carbons (Fsp3) is 0.583. The lowest BCUT2D eigenvalue weighted by atomic mass is 10.3. The number of H-pyrrole nitrogens is 1. The normalized spacial score (nSPS) is 15.6. The fourth-order valence-electron chi connectivity index (χ4n) is 2.30. The van der Waals surface area contributed by atoms with E-state index in [1.807, 2.05) is 4.57 Å². The predicted molar refractivity (Wildman–Crippen MR) is 71.4 cm³/mol. The summed E-state index contributed by atoms with van der Waals surface area (Å²) in [6, 6.07) is 1.44. The number of alkyl halides is 3. The van der Waals surface area contributed by atoms with Crippen molar-refractivity contribution in [2.45, 2.75) is 44.9 Å². The third kappa shape index (κ3) is 2.87. The molecule has 0 aromatic carbocycles. The molecule has 5 nitrogen and oxygen atoms in total. The average Bonchev–Trinajstić information content (AvgIpc) is 3.05. The number of aromatic nitrogens is 5. The van der Waals surface area contributed by atoms with Gasteiger partial charge in [0.1, 0.15) is 5.82 Å². The lowest BCUT2D eigenvalue weighted by molar-refractivity contribution is -0.141. The molecule has 3 rings (SSSR count). The van der Waals surface area contributed by atoms with Gasteiger partial charge in [0.05, 0.1) is 0 Å². The van der Waals surface area contributed by atoms with Gasteiger partial charge in [0.15, 0.2) is 10.5 Å². The van der Waals surface area contributed by atoms with Crippen LogP contribution in [0.5, 0.6) is 0 Å². The number of nitrogens with zero attached hydrogens (tertiary/aromatic N) is 4. The second-order valence-electron chi connectivity index (χ2n) is 5.19. The molecule has 0 aliphatic heterocycles. The minimum atomic E-state index is -4.41. The van der Waals surface area contributed by atoms with Crippen molar-refractivity contribution in [1.29, 1.82) is 0 Å². The van der Waals surface area contributed by atoms with Gasteiger partial charge >= 0.3 is 6.18 Å². The highest BCUT2D eigenvalue weighted by molar-refractivity contribution is 7.71. The number of hydrogen-bond donors (Lipinski definition) is 1. The number of hydrogen-bond acceptors (Lipinski definition) is 3. The molecule has 0 unspecified atom stereocenters. The van der Waals surface area contributed by atoms with E-state index >= 15 is 0 Å². The Bertz CT molecular complexity index is 707. The van der Waals surface area contributed by atoms with Gasteiger partial charge in [-0.1, -0.05) is 0 Å². The molecule has 0 spiro atoms. The molecule has 2 heterocycles. The summed E-state index contributed by atoms with van der Waals surface area (Å²) in [6.45, 7) is 1.95. The second kappa shape index (κ2) is 4.97. The molecule has 1 N–H and O–H groups in total. The zero-order chi connectivity index (χ0) is 15.2. The minimum absolute atomic E-state index is 0.342. The SMILES string of the molecule is Cc1cc(C(F)(F)F)nn1CCc1n[nH]c(=S)n1C1CC1. The quantitative estimate of drug-likeness (QED) is 0.882. The van der Waals surface area contributed by atoms with E-state index in [2.05, 4.69) is 15.3 Å². The maximum absolute atomic E-state index is 12.6. The van der Waals surface area contributed by atoms with Crippen LogP contribution in [0, 0.1) is 11.7 Å². The van der Waals surface area contributed by atoms with E-state index in [-0.39, 0.29) is 0 Å². The summed E-state index contributed by atoms with van der Waals surface area (Å²) in [5, 5.41) is 10.5. The van der Waals surface area contributed by atoms with Gasteiger partial charge in [-0.2, -0.15) is 23.4 Å². The Labute approximate surface area is 123 Å². The summed E-state index contributed by atoms with van der Waals surface area (Å²) in [4.78, 5) is 0. The van der Waals surface area contributed by atoms with Crippen LogP contribution in [0.25, 0.3) is 0 Å². The molecule has 1 aliphatic carbocycles. The zero-order valence-electron chi connectivity index (χ0n) is 11.3. The first-order chi connectivity index (χ1) is 9.86. The number of rotatable bonds is 4. The standard InChI is InChI=1S/C12H14F3N5S/c1-7-6-9(12(13,14)15)18-19(7)5-4-10-16-17-11(21)20(10)8-2-3-8/h6,8H,2-5H2,1H3,(H,17,21). The van der Waals surface area contributed by atoms with Crippen molar-refractivity contribution in [3.8, 4) is 0 Å². The average molecular weight is 317 g/mol. The first kappa shape index (κ1) is 14.3. The van der Waals surface area contributed by atoms with Gasteiger partial charge in [0, 0.05) is 24.7 Å². The van der Waals surface area contributed by atoms with Crippen molar-refractivity contribution < 1.29 is 13.2 Å². The van der Waals surface area contributed by atoms with Crippen LogP contribution in [0.1, 0.15) is 36.1 Å². The summed E-state index contributed by atoms with van der Waals surface area (Å²) < 4.78 is 41.7. The van der Waals surface area contributed by atoms with Gasteiger partial charge < -0.3 is 4.57 Å². The van der Waals surface area contributed by atoms with Gasteiger partial charge in [-0.05, 0) is 38.0 Å². The summed E-state index contributed by atoms with van der Waals surface area (Å²) in [7, 11) is 0. The van der Waals surface area contributed by atoms with Gasteiger partial charge in [0.25, 0.3) is 0 Å². The molecule has 2 aromatic rings. The Morgan fingerprint density at radius 2 is 2.14 bits per heavy atom. The summed E-state index contributed by atoms with van der Waals surface area (Å²) in [6.07, 6.45) is -1.78. The van der Waals surface area contributed by atoms with Crippen LogP contribution < -0.4 is 0 Å². The Morgan fingerprint density at radius 1 is 1.43 bits per heavy atom. The highest BCUT2D eigenvalue weighted by Crippen LogP contribution is 2.36. The van der Waals surface area contributed by atoms with E-state index in [4.69, 9.17) is 12.2 Å². The second-order valence-corrected chi connectivity index (χ2v) is 5.57. The largest absolute Gasteiger partial charge is 0.435 e. The topological polar surface area (TPSA) is 51.4 Å². The summed E-state index contributed by atoms with van der Waals surface area (Å²) >= 11 is 5.17. The Hall–Kier alpha value is -1.64. The van der Waals surface area contributed by atoms with Crippen molar-refractivity contribution in [2.75, 3.05) is 0 Å². The number of nitrogens with one attached hydrogen (secondary N) is 1. The smallest absolute Gasteiger partial charge is 0.301 e. The molecule has 1 saturated carbocycles. The Balaban J connectivity index is 1.76. The minimum Gasteiger partial charge on any atom is -0.301 e. The molecule has 21 heavy (non-hydrogen) atoms. The molecule has 1 fully saturated rings.